The molecule has 1 unspecified atom stereocenters. The van der Waals surface area contributed by atoms with Gasteiger partial charge in [0.1, 0.15) is 12.4 Å². The summed E-state index contributed by atoms with van der Waals surface area (Å²) in [7, 11) is 0. The first-order chi connectivity index (χ1) is 12.1. The van der Waals surface area contributed by atoms with Crippen LogP contribution in [0.5, 0.6) is 0 Å². The van der Waals surface area contributed by atoms with Crippen molar-refractivity contribution in [2.24, 2.45) is 0 Å². The van der Waals surface area contributed by atoms with Crippen molar-refractivity contribution >= 4 is 12.2 Å². The first-order valence-corrected chi connectivity index (χ1v) is 9.16. The lowest BCUT2D eigenvalue weighted by Gasteiger charge is -2.25. The molecule has 128 valence electrons. The number of aromatic nitrogens is 3. The van der Waals surface area contributed by atoms with Gasteiger partial charge in [-0.3, -0.25) is 4.57 Å². The molecule has 0 saturated heterocycles. The molecule has 0 spiro atoms. The molecule has 4 nitrogen and oxygen atoms in total. The molecule has 0 saturated carbocycles. The summed E-state index contributed by atoms with van der Waals surface area (Å²) in [6.07, 6.45) is 1.12. The first-order valence-electron chi connectivity index (χ1n) is 8.75. The van der Waals surface area contributed by atoms with Crippen molar-refractivity contribution in [2.75, 3.05) is 6.54 Å². The predicted octanol–water partition coefficient (Wildman–Crippen LogP) is 2.62. The van der Waals surface area contributed by atoms with E-state index >= 15 is 0 Å². The SMILES string of the molecule is Cc1cccc(-n2c(C)nn(C[NH+]3CCc4ccccc4C3)c2=S)c1. The molecule has 0 bridgehead atoms. The monoisotopic (exact) mass is 351 g/mol. The Morgan fingerprint density at radius 2 is 1.88 bits per heavy atom. The highest BCUT2D eigenvalue weighted by Gasteiger charge is 2.20. The van der Waals surface area contributed by atoms with E-state index in [9.17, 15) is 0 Å². The summed E-state index contributed by atoms with van der Waals surface area (Å²) < 4.78 is 4.82. The van der Waals surface area contributed by atoms with E-state index in [1.54, 1.807) is 0 Å². The highest BCUT2D eigenvalue weighted by atomic mass is 32.1. The molecule has 2 aromatic carbocycles. The molecule has 5 heteroatoms. The fraction of sp³-hybridized carbons (Fsp3) is 0.300. The maximum absolute atomic E-state index is 5.73. The summed E-state index contributed by atoms with van der Waals surface area (Å²) in [5.74, 6) is 0.937. The van der Waals surface area contributed by atoms with Gasteiger partial charge in [-0.25, -0.2) is 0 Å². The van der Waals surface area contributed by atoms with Crippen molar-refractivity contribution in [1.82, 2.24) is 14.3 Å². The number of hydrogen-bond donors (Lipinski definition) is 1. The number of hydrogen-bond acceptors (Lipinski definition) is 2. The largest absolute Gasteiger partial charge is 0.312 e. The molecule has 0 aliphatic carbocycles. The van der Waals surface area contributed by atoms with E-state index in [0.717, 1.165) is 42.5 Å². The minimum Gasteiger partial charge on any atom is -0.312 e. The number of nitrogens with zero attached hydrogens (tertiary/aromatic N) is 3. The fourth-order valence-electron chi connectivity index (χ4n) is 3.67. The van der Waals surface area contributed by atoms with Crippen LogP contribution in [-0.2, 0) is 19.6 Å². The second-order valence-corrected chi connectivity index (χ2v) is 7.22. The summed E-state index contributed by atoms with van der Waals surface area (Å²) in [6, 6.07) is 17.2. The van der Waals surface area contributed by atoms with Gasteiger partial charge in [-0.1, -0.05) is 36.4 Å². The molecule has 1 aliphatic heterocycles. The topological polar surface area (TPSA) is 27.2 Å². The number of aryl methyl sites for hydroxylation is 2. The summed E-state index contributed by atoms with van der Waals surface area (Å²) in [4.78, 5) is 1.50. The van der Waals surface area contributed by atoms with Crippen molar-refractivity contribution < 1.29 is 4.90 Å². The molecule has 0 fully saturated rings. The Bertz CT molecular complexity index is 970. The molecule has 2 heterocycles. The Hall–Kier alpha value is -2.24. The summed E-state index contributed by atoms with van der Waals surface area (Å²) >= 11 is 5.73. The first kappa shape index (κ1) is 16.2. The molecule has 1 aromatic heterocycles. The zero-order valence-electron chi connectivity index (χ0n) is 14.7. The quantitative estimate of drug-likeness (QED) is 0.735. The second-order valence-electron chi connectivity index (χ2n) is 6.86. The summed E-state index contributed by atoms with van der Waals surface area (Å²) in [5.41, 5.74) is 5.25. The van der Waals surface area contributed by atoms with E-state index in [-0.39, 0.29) is 0 Å². The van der Waals surface area contributed by atoms with Gasteiger partial charge < -0.3 is 4.90 Å². The van der Waals surface area contributed by atoms with Crippen LogP contribution in [0.4, 0.5) is 0 Å². The smallest absolute Gasteiger partial charge is 0.207 e. The van der Waals surface area contributed by atoms with Crippen LogP contribution < -0.4 is 4.90 Å². The van der Waals surface area contributed by atoms with E-state index < -0.39 is 0 Å². The van der Waals surface area contributed by atoms with E-state index in [2.05, 4.69) is 60.0 Å². The van der Waals surface area contributed by atoms with E-state index in [4.69, 9.17) is 17.3 Å². The lowest BCUT2D eigenvalue weighted by Crippen LogP contribution is -3.11. The molecule has 1 atom stereocenters. The Labute approximate surface area is 153 Å². The van der Waals surface area contributed by atoms with Crippen molar-refractivity contribution in [3.05, 3.63) is 75.8 Å². The maximum atomic E-state index is 5.73. The van der Waals surface area contributed by atoms with Crippen LogP contribution in [-0.4, -0.2) is 20.9 Å². The average molecular weight is 351 g/mol. The number of nitrogens with one attached hydrogen (secondary N) is 1. The van der Waals surface area contributed by atoms with Crippen LogP contribution in [0.1, 0.15) is 22.5 Å². The predicted molar refractivity (Wildman–Crippen MR) is 102 cm³/mol. The number of quaternary nitrogens is 1. The van der Waals surface area contributed by atoms with Crippen LogP contribution in [0.25, 0.3) is 5.69 Å². The average Bonchev–Trinajstić information content (AvgIpc) is 2.88. The fourth-order valence-corrected chi connectivity index (χ4v) is 4.02. The highest BCUT2D eigenvalue weighted by Crippen LogP contribution is 2.14. The molecule has 3 aromatic rings. The van der Waals surface area contributed by atoms with Crippen LogP contribution in [0.3, 0.4) is 0 Å². The minimum absolute atomic E-state index is 0.773. The Morgan fingerprint density at radius 3 is 2.68 bits per heavy atom. The molecular formula is C20H23N4S+. The third kappa shape index (κ3) is 3.17. The van der Waals surface area contributed by atoms with Gasteiger partial charge in [0, 0.05) is 17.7 Å². The second kappa shape index (κ2) is 6.58. The molecule has 4 rings (SSSR count). The van der Waals surface area contributed by atoms with E-state index in [1.807, 2.05) is 11.6 Å². The van der Waals surface area contributed by atoms with Gasteiger partial charge in [0.15, 0.2) is 6.67 Å². The van der Waals surface area contributed by atoms with Gasteiger partial charge in [0.25, 0.3) is 0 Å². The lowest BCUT2D eigenvalue weighted by molar-refractivity contribution is -0.939. The van der Waals surface area contributed by atoms with Gasteiger partial charge in [-0.15, -0.1) is 0 Å². The van der Waals surface area contributed by atoms with Crippen molar-refractivity contribution in [3.63, 3.8) is 0 Å². The Balaban J connectivity index is 1.61. The zero-order valence-corrected chi connectivity index (χ0v) is 15.5. The number of fused-ring (bicyclic) bond motifs is 1. The molecule has 0 radical (unpaired) electrons. The molecule has 1 N–H and O–H groups in total. The number of benzene rings is 2. The summed E-state index contributed by atoms with van der Waals surface area (Å²) in [5, 5.41) is 4.72. The molecule has 25 heavy (non-hydrogen) atoms. The highest BCUT2D eigenvalue weighted by molar-refractivity contribution is 7.71. The van der Waals surface area contributed by atoms with Crippen LogP contribution in [0.2, 0.25) is 0 Å². The third-order valence-corrected chi connectivity index (χ3v) is 5.33. The number of rotatable bonds is 3. The van der Waals surface area contributed by atoms with Gasteiger partial charge >= 0.3 is 0 Å². The molecule has 0 amide bonds. The maximum Gasteiger partial charge on any atom is 0.207 e. The minimum atomic E-state index is 0.773. The van der Waals surface area contributed by atoms with Crippen LogP contribution in [0, 0.1) is 18.6 Å². The zero-order chi connectivity index (χ0) is 17.4. The Kier molecular flexibility index (Phi) is 4.27. The van der Waals surface area contributed by atoms with Gasteiger partial charge in [-0.05, 0) is 49.3 Å². The Morgan fingerprint density at radius 1 is 1.08 bits per heavy atom. The van der Waals surface area contributed by atoms with Gasteiger partial charge in [0.05, 0.1) is 6.54 Å². The van der Waals surface area contributed by atoms with Crippen LogP contribution in [0.15, 0.2) is 48.5 Å². The van der Waals surface area contributed by atoms with E-state index in [0.29, 0.717) is 0 Å². The van der Waals surface area contributed by atoms with Crippen LogP contribution >= 0.6 is 12.2 Å². The van der Waals surface area contributed by atoms with E-state index in [1.165, 1.54) is 21.6 Å². The van der Waals surface area contributed by atoms with Gasteiger partial charge in [0.2, 0.25) is 4.77 Å². The van der Waals surface area contributed by atoms with Crippen molar-refractivity contribution in [1.29, 1.82) is 0 Å². The van der Waals surface area contributed by atoms with Gasteiger partial charge in [-0.2, -0.15) is 9.78 Å². The normalized spacial score (nSPS) is 16.6. The third-order valence-electron chi connectivity index (χ3n) is 4.94. The standard InChI is InChI=1S/C20H22N4S/c1-15-6-5-9-19(12-15)24-16(2)21-23(20(24)25)14-22-11-10-17-7-3-4-8-18(17)13-22/h3-9,12H,10-11,13-14H2,1-2H3/p+1. The summed E-state index contributed by atoms with van der Waals surface area (Å²) in [6.45, 7) is 7.09. The lowest BCUT2D eigenvalue weighted by atomic mass is 10.0. The molecular weight excluding hydrogens is 328 g/mol. The van der Waals surface area contributed by atoms with Crippen molar-refractivity contribution in [2.45, 2.75) is 33.5 Å². The van der Waals surface area contributed by atoms with Crippen molar-refractivity contribution in [3.8, 4) is 5.69 Å². The molecule has 1 aliphatic rings.